The van der Waals surface area contributed by atoms with E-state index >= 15 is 0 Å². The van der Waals surface area contributed by atoms with Gasteiger partial charge in [-0.25, -0.2) is 9.59 Å². The van der Waals surface area contributed by atoms with Crippen molar-refractivity contribution in [3.05, 3.63) is 47.8 Å². The highest BCUT2D eigenvalue weighted by Crippen LogP contribution is 2.66. The third-order valence-corrected chi connectivity index (χ3v) is 9.98. The number of carbonyl (C=O) groups excluding carboxylic acids is 2. The summed E-state index contributed by atoms with van der Waals surface area (Å²) >= 11 is 0. The highest BCUT2D eigenvalue weighted by molar-refractivity contribution is 5.81. The molecule has 2 fully saturated rings. The Morgan fingerprint density at radius 2 is 1.84 bits per heavy atom. The van der Waals surface area contributed by atoms with Gasteiger partial charge in [0, 0.05) is 18.8 Å². The average Bonchev–Trinajstić information content (AvgIpc) is 3.20. The van der Waals surface area contributed by atoms with E-state index in [1.807, 2.05) is 12.4 Å². The lowest BCUT2D eigenvalue weighted by Gasteiger charge is -2.57. The summed E-state index contributed by atoms with van der Waals surface area (Å²) in [5, 5.41) is 2.61. The van der Waals surface area contributed by atoms with E-state index in [2.05, 4.69) is 48.4 Å². The standard InChI is InChI=1S/C32H44N2O4/c1-20(34-29(36)38-30(2,3)4)28(35)37-23-13-15-31(5)22(18-23)9-10-24-26-12-11-25(21-8-7-17-33-19-21)32(26,6)16-14-27(24)31/h7-9,11,17,19-20,23-24,26-27H,10,12-16,18H2,1-6H3,(H,34,36)/t20?,23-,24-,26-,27-,31-,32+/m0/s1. The van der Waals surface area contributed by atoms with E-state index in [0.29, 0.717) is 17.8 Å². The van der Waals surface area contributed by atoms with Gasteiger partial charge in [-0.1, -0.05) is 37.6 Å². The molecule has 2 saturated carbocycles. The molecule has 1 aromatic rings. The second kappa shape index (κ2) is 9.84. The van der Waals surface area contributed by atoms with E-state index < -0.39 is 23.7 Å². The van der Waals surface area contributed by atoms with Gasteiger partial charge in [0.2, 0.25) is 0 Å². The van der Waals surface area contributed by atoms with Gasteiger partial charge in [-0.05, 0) is 112 Å². The van der Waals surface area contributed by atoms with Crippen LogP contribution in [0, 0.1) is 28.6 Å². The van der Waals surface area contributed by atoms with Gasteiger partial charge in [-0.15, -0.1) is 0 Å². The molecule has 5 rings (SSSR count). The lowest BCUT2D eigenvalue weighted by Crippen LogP contribution is -2.50. The van der Waals surface area contributed by atoms with Gasteiger partial charge in [0.15, 0.2) is 0 Å². The minimum absolute atomic E-state index is 0.138. The third kappa shape index (κ3) is 4.91. The summed E-state index contributed by atoms with van der Waals surface area (Å²) in [7, 11) is 0. The van der Waals surface area contributed by atoms with Crippen LogP contribution >= 0.6 is 0 Å². The molecule has 1 unspecified atom stereocenters. The quantitative estimate of drug-likeness (QED) is 0.346. The lowest BCUT2D eigenvalue weighted by molar-refractivity contribution is -0.153. The van der Waals surface area contributed by atoms with Crippen LogP contribution in [0.2, 0.25) is 0 Å². The van der Waals surface area contributed by atoms with E-state index in [4.69, 9.17) is 9.47 Å². The Hall–Kier alpha value is -2.63. The number of fused-ring (bicyclic) bond motifs is 5. The Bertz CT molecular complexity index is 1140. The first-order valence-corrected chi connectivity index (χ1v) is 14.4. The van der Waals surface area contributed by atoms with E-state index in [1.54, 1.807) is 27.7 Å². The SMILES string of the molecule is CC(NC(=O)OC(C)(C)C)C(=O)O[C@H]1CC[C@@]2(C)C(=CC[C@@H]3[C@@H]2CC[C@]2(C)C(c4cccnc4)=CC[C@@H]32)C1. The van der Waals surface area contributed by atoms with Crippen LogP contribution in [-0.2, 0) is 14.3 Å². The molecule has 4 aliphatic rings. The fourth-order valence-corrected chi connectivity index (χ4v) is 8.07. The molecular formula is C32H44N2O4. The first kappa shape index (κ1) is 27.0. The van der Waals surface area contributed by atoms with Crippen LogP contribution in [-0.4, -0.2) is 34.8 Å². The fourth-order valence-electron chi connectivity index (χ4n) is 8.07. The van der Waals surface area contributed by atoms with Gasteiger partial charge < -0.3 is 14.8 Å². The molecule has 0 saturated heterocycles. The molecule has 1 N–H and O–H groups in total. The van der Waals surface area contributed by atoms with Crippen molar-refractivity contribution in [3.63, 3.8) is 0 Å². The Balaban J connectivity index is 1.23. The molecule has 1 heterocycles. The maximum absolute atomic E-state index is 12.8. The Labute approximate surface area is 227 Å². The van der Waals surface area contributed by atoms with Crippen molar-refractivity contribution in [2.24, 2.45) is 28.6 Å². The number of nitrogens with one attached hydrogen (secondary N) is 1. The summed E-state index contributed by atoms with van der Waals surface area (Å²) < 4.78 is 11.2. The van der Waals surface area contributed by atoms with Crippen LogP contribution < -0.4 is 5.32 Å². The first-order valence-electron chi connectivity index (χ1n) is 14.4. The van der Waals surface area contributed by atoms with Gasteiger partial charge in [0.25, 0.3) is 0 Å². The molecule has 0 aromatic carbocycles. The first-order chi connectivity index (χ1) is 17.9. The predicted octanol–water partition coefficient (Wildman–Crippen LogP) is 6.86. The number of ether oxygens (including phenoxy) is 2. The minimum atomic E-state index is -0.747. The number of aromatic nitrogens is 1. The summed E-state index contributed by atoms with van der Waals surface area (Å²) in [6.45, 7) is 12.0. The molecule has 0 spiro atoms. The number of esters is 1. The molecular weight excluding hydrogens is 476 g/mol. The maximum atomic E-state index is 12.8. The van der Waals surface area contributed by atoms with Crippen LogP contribution in [0.5, 0.6) is 0 Å². The predicted molar refractivity (Wildman–Crippen MR) is 148 cm³/mol. The molecule has 38 heavy (non-hydrogen) atoms. The molecule has 1 aromatic heterocycles. The van der Waals surface area contributed by atoms with Crippen LogP contribution in [0.1, 0.15) is 92.1 Å². The van der Waals surface area contributed by atoms with Crippen molar-refractivity contribution in [1.29, 1.82) is 0 Å². The summed E-state index contributed by atoms with van der Waals surface area (Å²) in [5.74, 6) is 1.63. The highest BCUT2D eigenvalue weighted by atomic mass is 16.6. The molecule has 1 amide bonds. The largest absolute Gasteiger partial charge is 0.461 e. The topological polar surface area (TPSA) is 77.5 Å². The van der Waals surface area contributed by atoms with Gasteiger partial charge in [-0.2, -0.15) is 0 Å². The Kier molecular flexibility index (Phi) is 6.98. The number of nitrogens with zero attached hydrogens (tertiary/aromatic N) is 1. The number of hydrogen-bond donors (Lipinski definition) is 1. The van der Waals surface area contributed by atoms with Crippen LogP contribution in [0.25, 0.3) is 5.57 Å². The van der Waals surface area contributed by atoms with Crippen LogP contribution in [0.3, 0.4) is 0 Å². The van der Waals surface area contributed by atoms with Crippen molar-refractivity contribution in [2.45, 2.75) is 104 Å². The number of alkyl carbamates (subject to hydrolysis) is 1. The zero-order valence-electron chi connectivity index (χ0n) is 23.9. The van der Waals surface area contributed by atoms with Crippen LogP contribution in [0.4, 0.5) is 4.79 Å². The van der Waals surface area contributed by atoms with Crippen molar-refractivity contribution in [3.8, 4) is 0 Å². The monoisotopic (exact) mass is 520 g/mol. The van der Waals surface area contributed by atoms with Crippen LogP contribution in [0.15, 0.2) is 42.3 Å². The molecule has 0 radical (unpaired) electrons. The normalized spacial score (nSPS) is 35.0. The summed E-state index contributed by atoms with van der Waals surface area (Å²) in [4.78, 5) is 29.2. The number of allylic oxidation sites excluding steroid dienone is 3. The molecule has 7 atom stereocenters. The third-order valence-electron chi connectivity index (χ3n) is 9.98. The van der Waals surface area contributed by atoms with Crippen molar-refractivity contribution in [2.75, 3.05) is 0 Å². The van der Waals surface area contributed by atoms with E-state index in [-0.39, 0.29) is 16.9 Å². The molecule has 4 aliphatic carbocycles. The minimum Gasteiger partial charge on any atom is -0.461 e. The number of amides is 1. The number of hydrogen-bond acceptors (Lipinski definition) is 5. The fraction of sp³-hybridized carbons (Fsp3) is 0.656. The molecule has 6 nitrogen and oxygen atoms in total. The van der Waals surface area contributed by atoms with E-state index in [1.165, 1.54) is 29.6 Å². The molecule has 0 aliphatic heterocycles. The molecule has 0 bridgehead atoms. The maximum Gasteiger partial charge on any atom is 0.408 e. The number of pyridine rings is 1. The van der Waals surface area contributed by atoms with Crippen molar-refractivity contribution >= 4 is 17.6 Å². The second-order valence-electron chi connectivity index (χ2n) is 13.5. The van der Waals surface area contributed by atoms with Crippen molar-refractivity contribution in [1.82, 2.24) is 10.3 Å². The second-order valence-corrected chi connectivity index (χ2v) is 13.5. The number of rotatable bonds is 4. The molecule has 206 valence electrons. The van der Waals surface area contributed by atoms with Gasteiger partial charge in [0.05, 0.1) is 0 Å². The van der Waals surface area contributed by atoms with Crippen molar-refractivity contribution < 1.29 is 19.1 Å². The van der Waals surface area contributed by atoms with Gasteiger partial charge >= 0.3 is 12.1 Å². The zero-order chi connectivity index (χ0) is 27.3. The van der Waals surface area contributed by atoms with E-state index in [0.717, 1.165) is 32.1 Å². The zero-order valence-corrected chi connectivity index (χ0v) is 23.9. The highest BCUT2D eigenvalue weighted by Gasteiger charge is 2.57. The smallest absolute Gasteiger partial charge is 0.408 e. The summed E-state index contributed by atoms with van der Waals surface area (Å²) in [6.07, 6.45) is 15.5. The average molecular weight is 521 g/mol. The Morgan fingerprint density at radius 3 is 2.55 bits per heavy atom. The summed E-state index contributed by atoms with van der Waals surface area (Å²) in [6, 6.07) is 3.52. The summed E-state index contributed by atoms with van der Waals surface area (Å²) in [5.41, 5.74) is 4.03. The van der Waals surface area contributed by atoms with E-state index in [9.17, 15) is 9.59 Å². The Morgan fingerprint density at radius 1 is 1.08 bits per heavy atom. The van der Waals surface area contributed by atoms with Gasteiger partial charge in [0.1, 0.15) is 17.7 Å². The lowest BCUT2D eigenvalue weighted by atomic mass is 9.47. The molecule has 6 heteroatoms. The van der Waals surface area contributed by atoms with Gasteiger partial charge in [-0.3, -0.25) is 4.98 Å². The number of carbonyl (C=O) groups is 2.